The van der Waals surface area contributed by atoms with E-state index in [1.54, 1.807) is 6.20 Å². The van der Waals surface area contributed by atoms with Crippen LogP contribution in [0, 0.1) is 5.92 Å². The third kappa shape index (κ3) is 3.47. The van der Waals surface area contributed by atoms with E-state index in [1.165, 1.54) is 36.4 Å². The van der Waals surface area contributed by atoms with Crippen molar-refractivity contribution in [2.24, 2.45) is 5.92 Å². The smallest absolute Gasteiger partial charge is 0.244 e. The van der Waals surface area contributed by atoms with Crippen molar-refractivity contribution in [3.63, 3.8) is 0 Å². The Hall–Kier alpha value is -1.40. The number of hydrogen-bond acceptors (Lipinski definition) is 3. The molecule has 0 atom stereocenters. The standard InChI is InChI=1S/C19H32N5O/c1-3-24(2)14-16(15-24)12-21-9-5-17(6-10-21)22-11-7-18-4-8-20-23(18)13-19(22)25/h4,8,16-17H,3,5-7,9-15H2,1-2H3/q+1. The molecule has 1 aromatic heterocycles. The summed E-state index contributed by atoms with van der Waals surface area (Å²) in [5.74, 6) is 1.12. The lowest BCUT2D eigenvalue weighted by Gasteiger charge is -2.49. The van der Waals surface area contributed by atoms with Crippen LogP contribution in [-0.2, 0) is 17.8 Å². The lowest BCUT2D eigenvalue weighted by Crippen LogP contribution is -2.63. The molecule has 1 amide bonds. The van der Waals surface area contributed by atoms with Crippen molar-refractivity contribution in [3.05, 3.63) is 18.0 Å². The summed E-state index contributed by atoms with van der Waals surface area (Å²) in [6.07, 6.45) is 4.99. The molecular formula is C19H32N5O+. The van der Waals surface area contributed by atoms with Gasteiger partial charge >= 0.3 is 0 Å². The highest BCUT2D eigenvalue weighted by molar-refractivity contribution is 5.76. The number of quaternary nitrogens is 1. The minimum atomic E-state index is 0.246. The van der Waals surface area contributed by atoms with Crippen molar-refractivity contribution in [2.75, 3.05) is 52.9 Å². The fourth-order valence-electron chi connectivity index (χ4n) is 5.03. The van der Waals surface area contributed by atoms with E-state index in [9.17, 15) is 4.79 Å². The molecule has 1 aromatic rings. The lowest BCUT2D eigenvalue weighted by atomic mass is 9.94. The predicted molar refractivity (Wildman–Crippen MR) is 97.1 cm³/mol. The molecule has 3 aliphatic heterocycles. The van der Waals surface area contributed by atoms with Crippen molar-refractivity contribution in [1.29, 1.82) is 0 Å². The zero-order chi connectivity index (χ0) is 17.4. The molecule has 0 bridgehead atoms. The number of amides is 1. The average Bonchev–Trinajstić information content (AvgIpc) is 2.95. The number of likely N-dealkylation sites (tertiary alicyclic amines) is 2. The van der Waals surface area contributed by atoms with Crippen LogP contribution in [0.4, 0.5) is 0 Å². The maximum Gasteiger partial charge on any atom is 0.244 e. The Balaban J connectivity index is 1.26. The number of piperidine rings is 1. The molecule has 6 heteroatoms. The molecule has 0 aromatic carbocycles. The van der Waals surface area contributed by atoms with Crippen LogP contribution in [0.2, 0.25) is 0 Å². The number of hydrogen-bond donors (Lipinski definition) is 0. The molecule has 4 rings (SSSR count). The first-order valence-electron chi connectivity index (χ1n) is 9.92. The van der Waals surface area contributed by atoms with Gasteiger partial charge in [-0.15, -0.1) is 0 Å². The fourth-order valence-corrected chi connectivity index (χ4v) is 5.03. The van der Waals surface area contributed by atoms with E-state index >= 15 is 0 Å². The summed E-state index contributed by atoms with van der Waals surface area (Å²) < 4.78 is 3.12. The average molecular weight is 346 g/mol. The van der Waals surface area contributed by atoms with E-state index in [2.05, 4.69) is 28.9 Å². The molecule has 0 radical (unpaired) electrons. The largest absolute Gasteiger partial charge is 0.338 e. The van der Waals surface area contributed by atoms with Gasteiger partial charge in [-0.3, -0.25) is 9.48 Å². The first-order chi connectivity index (χ1) is 12.1. The molecule has 0 spiro atoms. The summed E-state index contributed by atoms with van der Waals surface area (Å²) in [5, 5.41) is 4.29. The molecule has 2 fully saturated rings. The molecule has 0 saturated carbocycles. The zero-order valence-electron chi connectivity index (χ0n) is 15.7. The van der Waals surface area contributed by atoms with Crippen LogP contribution in [-0.4, -0.2) is 88.9 Å². The van der Waals surface area contributed by atoms with Gasteiger partial charge in [0.05, 0.1) is 32.6 Å². The molecule has 138 valence electrons. The Morgan fingerprint density at radius 1 is 1.24 bits per heavy atom. The van der Waals surface area contributed by atoms with Gasteiger partial charge in [-0.25, -0.2) is 0 Å². The first kappa shape index (κ1) is 17.0. The highest BCUT2D eigenvalue weighted by atomic mass is 16.2. The van der Waals surface area contributed by atoms with Crippen molar-refractivity contribution < 1.29 is 9.28 Å². The molecule has 4 heterocycles. The van der Waals surface area contributed by atoms with Crippen LogP contribution >= 0.6 is 0 Å². The van der Waals surface area contributed by atoms with Crippen LogP contribution < -0.4 is 0 Å². The van der Waals surface area contributed by atoms with Gasteiger partial charge in [-0.2, -0.15) is 5.10 Å². The Labute approximate surface area is 151 Å². The fraction of sp³-hybridized carbons (Fsp3) is 0.789. The molecule has 0 aliphatic carbocycles. The minimum Gasteiger partial charge on any atom is -0.338 e. The summed E-state index contributed by atoms with van der Waals surface area (Å²) in [7, 11) is 2.37. The highest BCUT2D eigenvalue weighted by Gasteiger charge is 2.40. The SMILES string of the molecule is CC[N+]1(C)CC(CN2CCC(N3CCc4ccnn4CC3=O)CC2)C1. The van der Waals surface area contributed by atoms with E-state index in [4.69, 9.17) is 0 Å². The molecule has 0 N–H and O–H groups in total. The summed E-state index contributed by atoms with van der Waals surface area (Å²) >= 11 is 0. The summed E-state index contributed by atoms with van der Waals surface area (Å²) in [6.45, 7) is 11.0. The van der Waals surface area contributed by atoms with Crippen molar-refractivity contribution in [3.8, 4) is 0 Å². The molecule has 0 unspecified atom stereocenters. The van der Waals surface area contributed by atoms with Gasteiger partial charge in [0.25, 0.3) is 0 Å². The molecule has 2 saturated heterocycles. The maximum absolute atomic E-state index is 12.6. The van der Waals surface area contributed by atoms with E-state index in [0.29, 0.717) is 12.6 Å². The second-order valence-electron chi connectivity index (χ2n) is 8.52. The second-order valence-corrected chi connectivity index (χ2v) is 8.52. The van der Waals surface area contributed by atoms with Gasteiger partial charge < -0.3 is 14.3 Å². The quantitative estimate of drug-likeness (QED) is 0.759. The minimum absolute atomic E-state index is 0.246. The van der Waals surface area contributed by atoms with E-state index < -0.39 is 0 Å². The Kier molecular flexibility index (Phi) is 4.58. The van der Waals surface area contributed by atoms with Crippen molar-refractivity contribution >= 4 is 5.91 Å². The second kappa shape index (κ2) is 6.72. The summed E-state index contributed by atoms with van der Waals surface area (Å²) in [5.41, 5.74) is 1.19. The zero-order valence-corrected chi connectivity index (χ0v) is 15.7. The third-order valence-corrected chi connectivity index (χ3v) is 6.69. The van der Waals surface area contributed by atoms with Gasteiger partial charge in [0.1, 0.15) is 6.54 Å². The van der Waals surface area contributed by atoms with E-state index in [0.717, 1.165) is 44.8 Å². The monoisotopic (exact) mass is 346 g/mol. The van der Waals surface area contributed by atoms with Crippen LogP contribution in [0.1, 0.15) is 25.5 Å². The van der Waals surface area contributed by atoms with Gasteiger partial charge in [0.2, 0.25) is 5.91 Å². The van der Waals surface area contributed by atoms with Crippen LogP contribution in [0.25, 0.3) is 0 Å². The number of nitrogens with zero attached hydrogens (tertiary/aromatic N) is 5. The van der Waals surface area contributed by atoms with Gasteiger partial charge in [-0.1, -0.05) is 0 Å². The van der Waals surface area contributed by atoms with Crippen molar-refractivity contribution in [1.82, 2.24) is 19.6 Å². The first-order valence-corrected chi connectivity index (χ1v) is 9.92. The topological polar surface area (TPSA) is 41.4 Å². The number of rotatable bonds is 4. The molecule has 3 aliphatic rings. The Morgan fingerprint density at radius 2 is 2.00 bits per heavy atom. The lowest BCUT2D eigenvalue weighted by molar-refractivity contribution is -0.954. The summed E-state index contributed by atoms with van der Waals surface area (Å²) in [4.78, 5) is 17.4. The van der Waals surface area contributed by atoms with Gasteiger partial charge in [-0.05, 0) is 25.8 Å². The Morgan fingerprint density at radius 3 is 2.72 bits per heavy atom. The predicted octanol–water partition coefficient (Wildman–Crippen LogP) is 0.829. The molecule has 25 heavy (non-hydrogen) atoms. The van der Waals surface area contributed by atoms with Gasteiger partial charge in [0, 0.05) is 50.5 Å². The van der Waals surface area contributed by atoms with E-state index in [1.807, 2.05) is 10.7 Å². The maximum atomic E-state index is 12.6. The van der Waals surface area contributed by atoms with Crippen LogP contribution in [0.5, 0.6) is 0 Å². The van der Waals surface area contributed by atoms with Crippen LogP contribution in [0.15, 0.2) is 12.3 Å². The highest BCUT2D eigenvalue weighted by Crippen LogP contribution is 2.26. The Bertz CT molecular complexity index is 613. The normalized spacial score (nSPS) is 31.5. The van der Waals surface area contributed by atoms with Gasteiger partial charge in [0.15, 0.2) is 0 Å². The van der Waals surface area contributed by atoms with Crippen LogP contribution in [0.3, 0.4) is 0 Å². The van der Waals surface area contributed by atoms with E-state index in [-0.39, 0.29) is 5.91 Å². The number of aromatic nitrogens is 2. The third-order valence-electron chi connectivity index (χ3n) is 6.69. The number of fused-ring (bicyclic) bond motifs is 1. The summed E-state index contributed by atoms with van der Waals surface area (Å²) in [6, 6.07) is 2.46. The molecule has 6 nitrogen and oxygen atoms in total. The number of carbonyl (C=O) groups excluding carboxylic acids is 1. The van der Waals surface area contributed by atoms with Crippen molar-refractivity contribution in [2.45, 2.75) is 38.8 Å². The molecular weight excluding hydrogens is 314 g/mol. The number of carbonyl (C=O) groups is 1.